The Balaban J connectivity index is 1.38. The van der Waals surface area contributed by atoms with E-state index in [0.29, 0.717) is 16.8 Å². The third-order valence-corrected chi connectivity index (χ3v) is 7.92. The van der Waals surface area contributed by atoms with Gasteiger partial charge in [-0.05, 0) is 66.1 Å². The summed E-state index contributed by atoms with van der Waals surface area (Å²) in [6.45, 7) is 1.50. The number of aliphatic hydroxyl groups is 1. The van der Waals surface area contributed by atoms with Crippen molar-refractivity contribution in [1.29, 1.82) is 0 Å². The molecule has 0 saturated carbocycles. The van der Waals surface area contributed by atoms with E-state index in [4.69, 9.17) is 0 Å². The van der Waals surface area contributed by atoms with Crippen LogP contribution in [0, 0.1) is 5.82 Å². The van der Waals surface area contributed by atoms with Crippen molar-refractivity contribution in [3.05, 3.63) is 114 Å². The SMILES string of the molecule is CC(=O)c1cncc(-c2ccc(N3C(=O)[C@H](SC[C@H](O)c4ccc(F)cc4)[C@H]3c3ccc(O)cc3)cc2)c1. The van der Waals surface area contributed by atoms with Crippen LogP contribution in [0.1, 0.15) is 40.6 Å². The smallest absolute Gasteiger partial charge is 0.243 e. The van der Waals surface area contributed by atoms with Crippen molar-refractivity contribution in [3.8, 4) is 16.9 Å². The number of Topliss-reactive ketones (excluding diaryl/α,β-unsaturated/α-hetero) is 1. The van der Waals surface area contributed by atoms with Crippen LogP contribution in [0.25, 0.3) is 11.1 Å². The number of aromatic nitrogens is 1. The quantitative estimate of drug-likeness (QED) is 0.225. The molecule has 8 heteroatoms. The first-order valence-corrected chi connectivity index (χ1v) is 13.1. The lowest BCUT2D eigenvalue weighted by Crippen LogP contribution is -2.57. The van der Waals surface area contributed by atoms with Gasteiger partial charge < -0.3 is 15.1 Å². The molecule has 0 bridgehead atoms. The van der Waals surface area contributed by atoms with Crippen molar-refractivity contribution in [2.45, 2.75) is 24.3 Å². The number of phenols is 1. The van der Waals surface area contributed by atoms with Gasteiger partial charge in [-0.1, -0.05) is 36.4 Å². The minimum Gasteiger partial charge on any atom is -0.508 e. The van der Waals surface area contributed by atoms with Gasteiger partial charge in [-0.2, -0.15) is 0 Å². The third-order valence-electron chi connectivity index (χ3n) is 6.59. The molecular formula is C30H25FN2O4S. The fourth-order valence-corrected chi connectivity index (χ4v) is 5.79. The highest BCUT2D eigenvalue weighted by molar-refractivity contribution is 8.00. The molecule has 2 heterocycles. The first-order chi connectivity index (χ1) is 18.3. The zero-order valence-electron chi connectivity index (χ0n) is 20.5. The molecule has 5 rings (SSSR count). The van der Waals surface area contributed by atoms with Gasteiger partial charge >= 0.3 is 0 Å². The number of rotatable bonds is 8. The van der Waals surface area contributed by atoms with E-state index in [2.05, 4.69) is 4.98 Å². The highest BCUT2D eigenvalue weighted by Crippen LogP contribution is 2.46. The average molecular weight is 529 g/mol. The number of amides is 1. The number of hydrogen-bond donors (Lipinski definition) is 2. The fraction of sp³-hybridized carbons (Fsp3) is 0.167. The molecule has 2 N–H and O–H groups in total. The number of halogens is 1. The maximum Gasteiger partial charge on any atom is 0.243 e. The Kier molecular flexibility index (Phi) is 7.26. The molecule has 0 radical (unpaired) electrons. The first-order valence-electron chi connectivity index (χ1n) is 12.1. The van der Waals surface area contributed by atoms with Crippen LogP contribution in [-0.2, 0) is 4.79 Å². The standard InChI is InChI=1S/C30H25FN2O4S/c1-18(34)22-14-23(16-32-15-22)19-4-10-25(11-5-19)33-28(21-6-12-26(35)13-7-21)29(30(33)37)38-17-27(36)20-2-8-24(31)9-3-20/h2-16,27-29,35-36H,17H2,1H3/t27-,28+,29+/m0/s1. The molecule has 6 nitrogen and oxygen atoms in total. The number of carbonyl (C=O) groups excluding carboxylic acids is 2. The Hall–Kier alpha value is -4.01. The van der Waals surface area contributed by atoms with Crippen molar-refractivity contribution < 1.29 is 24.2 Å². The van der Waals surface area contributed by atoms with Crippen molar-refractivity contribution in [2.24, 2.45) is 0 Å². The maximum absolute atomic E-state index is 13.4. The fourth-order valence-electron chi connectivity index (χ4n) is 4.49. The summed E-state index contributed by atoms with van der Waals surface area (Å²) < 4.78 is 13.3. The van der Waals surface area contributed by atoms with Crippen LogP contribution in [0.15, 0.2) is 91.3 Å². The number of aromatic hydroxyl groups is 1. The molecule has 3 atom stereocenters. The van der Waals surface area contributed by atoms with Gasteiger partial charge in [-0.25, -0.2) is 4.39 Å². The lowest BCUT2D eigenvalue weighted by atomic mass is 9.92. The van der Waals surface area contributed by atoms with E-state index in [1.54, 1.807) is 41.4 Å². The summed E-state index contributed by atoms with van der Waals surface area (Å²) in [5.74, 6) is -0.130. The number of anilines is 1. The minimum atomic E-state index is -0.846. The van der Waals surface area contributed by atoms with Crippen molar-refractivity contribution in [1.82, 2.24) is 4.98 Å². The summed E-state index contributed by atoms with van der Waals surface area (Å²) in [5, 5.41) is 19.9. The predicted octanol–water partition coefficient (Wildman–Crippen LogP) is 5.72. The zero-order valence-corrected chi connectivity index (χ0v) is 21.3. The molecule has 0 aliphatic carbocycles. The second-order valence-electron chi connectivity index (χ2n) is 9.13. The Morgan fingerprint density at radius 1 is 1.00 bits per heavy atom. The summed E-state index contributed by atoms with van der Waals surface area (Å²) in [6, 6.07) is 21.4. The summed E-state index contributed by atoms with van der Waals surface area (Å²) >= 11 is 1.35. The highest BCUT2D eigenvalue weighted by Gasteiger charge is 2.49. The Bertz CT molecular complexity index is 1460. The number of thioether (sulfide) groups is 1. The van der Waals surface area contributed by atoms with E-state index in [9.17, 15) is 24.2 Å². The van der Waals surface area contributed by atoms with E-state index in [1.807, 2.05) is 24.3 Å². The summed E-state index contributed by atoms with van der Waals surface area (Å²) in [5.41, 5.74) is 4.36. The van der Waals surface area contributed by atoms with Gasteiger partial charge in [-0.15, -0.1) is 11.8 Å². The van der Waals surface area contributed by atoms with Crippen molar-refractivity contribution in [3.63, 3.8) is 0 Å². The molecule has 0 spiro atoms. The van der Waals surface area contributed by atoms with E-state index in [-0.39, 0.29) is 35.1 Å². The predicted molar refractivity (Wildman–Crippen MR) is 146 cm³/mol. The maximum atomic E-state index is 13.4. The van der Waals surface area contributed by atoms with Gasteiger partial charge in [0.1, 0.15) is 16.8 Å². The molecular weight excluding hydrogens is 503 g/mol. The first kappa shape index (κ1) is 25.6. The second-order valence-corrected chi connectivity index (χ2v) is 10.3. The van der Waals surface area contributed by atoms with Crippen LogP contribution in [0.4, 0.5) is 10.1 Å². The van der Waals surface area contributed by atoms with Crippen molar-refractivity contribution in [2.75, 3.05) is 10.7 Å². The topological polar surface area (TPSA) is 90.7 Å². The van der Waals surface area contributed by atoms with Crippen LogP contribution in [0.5, 0.6) is 5.75 Å². The number of nitrogens with zero attached hydrogens (tertiary/aromatic N) is 2. The monoisotopic (exact) mass is 528 g/mol. The van der Waals surface area contributed by atoms with E-state index in [0.717, 1.165) is 16.7 Å². The van der Waals surface area contributed by atoms with Gasteiger partial charge in [0.25, 0.3) is 0 Å². The summed E-state index contributed by atoms with van der Waals surface area (Å²) in [4.78, 5) is 31.0. The zero-order chi connectivity index (χ0) is 26.8. The lowest BCUT2D eigenvalue weighted by Gasteiger charge is -2.47. The number of benzene rings is 3. The van der Waals surface area contributed by atoms with E-state index < -0.39 is 11.4 Å². The Labute approximate surface area is 223 Å². The van der Waals surface area contributed by atoms with Crippen LogP contribution < -0.4 is 4.90 Å². The Morgan fingerprint density at radius 2 is 1.68 bits per heavy atom. The molecule has 1 amide bonds. The third kappa shape index (κ3) is 5.18. The largest absolute Gasteiger partial charge is 0.508 e. The number of hydrogen-bond acceptors (Lipinski definition) is 6. The van der Waals surface area contributed by atoms with Crippen LogP contribution in [-0.4, -0.2) is 37.9 Å². The molecule has 1 aliphatic rings. The number of carbonyl (C=O) groups is 2. The molecule has 3 aromatic carbocycles. The molecule has 192 valence electrons. The molecule has 1 fully saturated rings. The number of pyridine rings is 1. The van der Waals surface area contributed by atoms with Crippen LogP contribution >= 0.6 is 11.8 Å². The molecule has 38 heavy (non-hydrogen) atoms. The molecule has 4 aromatic rings. The van der Waals surface area contributed by atoms with E-state index >= 15 is 0 Å². The summed E-state index contributed by atoms with van der Waals surface area (Å²) in [6.07, 6.45) is 2.38. The van der Waals surface area contributed by atoms with Gasteiger partial charge in [0.2, 0.25) is 5.91 Å². The van der Waals surface area contributed by atoms with Crippen molar-refractivity contribution >= 4 is 29.1 Å². The molecule has 1 saturated heterocycles. The highest BCUT2D eigenvalue weighted by atomic mass is 32.2. The second kappa shape index (κ2) is 10.8. The number of aliphatic hydroxyl groups excluding tert-OH is 1. The van der Waals surface area contributed by atoms with Crippen LogP contribution in [0.2, 0.25) is 0 Å². The molecule has 1 aromatic heterocycles. The van der Waals surface area contributed by atoms with Gasteiger partial charge in [0.05, 0.1) is 12.1 Å². The minimum absolute atomic E-state index is 0.0630. The molecule has 1 aliphatic heterocycles. The van der Waals surface area contributed by atoms with Gasteiger partial charge in [0.15, 0.2) is 5.78 Å². The van der Waals surface area contributed by atoms with Gasteiger partial charge in [0, 0.05) is 35.0 Å². The normalized spacial score (nSPS) is 17.7. The lowest BCUT2D eigenvalue weighted by molar-refractivity contribution is -0.123. The molecule has 0 unspecified atom stereocenters. The van der Waals surface area contributed by atoms with Crippen LogP contribution in [0.3, 0.4) is 0 Å². The number of phenolic OH excluding ortho intramolecular Hbond substituents is 1. The summed E-state index contributed by atoms with van der Waals surface area (Å²) in [7, 11) is 0. The number of ketones is 1. The average Bonchev–Trinajstić information content (AvgIpc) is 2.93. The van der Waals surface area contributed by atoms with Gasteiger partial charge in [-0.3, -0.25) is 14.6 Å². The number of β-lactam (4-membered cyclic amide) rings is 1. The van der Waals surface area contributed by atoms with E-state index in [1.165, 1.54) is 49.1 Å². The Morgan fingerprint density at radius 3 is 2.34 bits per heavy atom.